The van der Waals surface area contributed by atoms with Crippen molar-refractivity contribution in [2.24, 2.45) is 5.92 Å². The van der Waals surface area contributed by atoms with Gasteiger partial charge >= 0.3 is 0 Å². The first-order valence-corrected chi connectivity index (χ1v) is 7.99. The van der Waals surface area contributed by atoms with Crippen LogP contribution in [0.2, 0.25) is 0 Å². The van der Waals surface area contributed by atoms with Crippen LogP contribution in [0.3, 0.4) is 0 Å². The Morgan fingerprint density at radius 1 is 1.36 bits per heavy atom. The molecule has 1 saturated heterocycles. The number of benzene rings is 1. The molecule has 5 nitrogen and oxygen atoms in total. The van der Waals surface area contributed by atoms with E-state index in [9.17, 15) is 9.59 Å². The number of para-hydroxylation sites is 1. The third-order valence-corrected chi connectivity index (χ3v) is 4.38. The van der Waals surface area contributed by atoms with Crippen molar-refractivity contribution in [1.82, 2.24) is 5.32 Å². The van der Waals surface area contributed by atoms with E-state index in [1.54, 1.807) is 0 Å². The number of nitrogens with one attached hydrogen (secondary N) is 2. The predicted octanol–water partition coefficient (Wildman–Crippen LogP) is 1.87. The zero-order valence-electron chi connectivity index (χ0n) is 12.6. The molecule has 2 atom stereocenters. The van der Waals surface area contributed by atoms with Crippen LogP contribution in [-0.4, -0.2) is 31.1 Å². The summed E-state index contributed by atoms with van der Waals surface area (Å²) >= 11 is 0. The first kappa shape index (κ1) is 15.0. The predicted molar refractivity (Wildman–Crippen MR) is 83.5 cm³/mol. The highest BCUT2D eigenvalue weighted by Gasteiger charge is 2.26. The van der Waals surface area contributed by atoms with Crippen LogP contribution in [0.1, 0.15) is 31.2 Å². The van der Waals surface area contributed by atoms with E-state index in [0.29, 0.717) is 25.8 Å². The van der Waals surface area contributed by atoms with Crippen LogP contribution in [0.25, 0.3) is 0 Å². The van der Waals surface area contributed by atoms with Crippen molar-refractivity contribution in [3.05, 3.63) is 29.8 Å². The SMILES string of the molecule is O=C(CCC1Cc2ccccc2NC1=O)NCC1CCCO1. The maximum atomic E-state index is 12.1. The molecule has 118 valence electrons. The molecule has 22 heavy (non-hydrogen) atoms. The molecule has 0 saturated carbocycles. The van der Waals surface area contributed by atoms with Gasteiger partial charge < -0.3 is 15.4 Å². The van der Waals surface area contributed by atoms with Crippen molar-refractivity contribution in [1.29, 1.82) is 0 Å². The lowest BCUT2D eigenvalue weighted by atomic mass is 9.89. The van der Waals surface area contributed by atoms with E-state index in [2.05, 4.69) is 10.6 Å². The number of fused-ring (bicyclic) bond motifs is 1. The molecule has 1 aromatic rings. The summed E-state index contributed by atoms with van der Waals surface area (Å²) in [5, 5.41) is 5.82. The van der Waals surface area contributed by atoms with Crippen LogP contribution >= 0.6 is 0 Å². The summed E-state index contributed by atoms with van der Waals surface area (Å²) < 4.78 is 5.48. The van der Waals surface area contributed by atoms with Gasteiger partial charge in [0.15, 0.2) is 0 Å². The van der Waals surface area contributed by atoms with Gasteiger partial charge in [-0.1, -0.05) is 18.2 Å². The second kappa shape index (κ2) is 6.92. The molecule has 0 radical (unpaired) electrons. The van der Waals surface area contributed by atoms with Gasteiger partial charge in [-0.25, -0.2) is 0 Å². The van der Waals surface area contributed by atoms with E-state index in [1.807, 2.05) is 24.3 Å². The molecule has 2 N–H and O–H groups in total. The maximum Gasteiger partial charge on any atom is 0.227 e. The molecule has 0 aromatic heterocycles. The molecule has 2 unspecified atom stereocenters. The Balaban J connectivity index is 1.45. The van der Waals surface area contributed by atoms with Gasteiger partial charge in [-0.15, -0.1) is 0 Å². The molecule has 2 amide bonds. The van der Waals surface area contributed by atoms with Gasteiger partial charge in [0.2, 0.25) is 11.8 Å². The van der Waals surface area contributed by atoms with E-state index in [-0.39, 0.29) is 23.8 Å². The lowest BCUT2D eigenvalue weighted by molar-refractivity contribution is -0.123. The molecule has 2 heterocycles. The quantitative estimate of drug-likeness (QED) is 0.872. The highest BCUT2D eigenvalue weighted by atomic mass is 16.5. The molecule has 3 rings (SSSR count). The van der Waals surface area contributed by atoms with E-state index in [0.717, 1.165) is 30.7 Å². The number of amides is 2. The standard InChI is InChI=1S/C17H22N2O3/c20-16(18-11-14-5-3-9-22-14)8-7-13-10-12-4-1-2-6-15(12)19-17(13)21/h1-2,4,6,13-14H,3,5,7-11H2,(H,18,20)(H,19,21). The van der Waals surface area contributed by atoms with Crippen molar-refractivity contribution in [2.45, 2.75) is 38.2 Å². The van der Waals surface area contributed by atoms with Crippen LogP contribution in [0.5, 0.6) is 0 Å². The summed E-state index contributed by atoms with van der Waals surface area (Å²) in [6, 6.07) is 7.83. The van der Waals surface area contributed by atoms with Gasteiger partial charge in [-0.3, -0.25) is 9.59 Å². The average Bonchev–Trinajstić information content (AvgIpc) is 3.04. The van der Waals surface area contributed by atoms with Gasteiger partial charge in [0.25, 0.3) is 0 Å². The number of hydrogen-bond donors (Lipinski definition) is 2. The molecule has 1 aromatic carbocycles. The van der Waals surface area contributed by atoms with Crippen molar-refractivity contribution in [3.8, 4) is 0 Å². The Bertz CT molecular complexity index is 553. The molecule has 0 spiro atoms. The van der Waals surface area contributed by atoms with Crippen LogP contribution in [0.15, 0.2) is 24.3 Å². The largest absolute Gasteiger partial charge is 0.376 e. The van der Waals surface area contributed by atoms with Gasteiger partial charge in [0, 0.05) is 31.2 Å². The first-order chi connectivity index (χ1) is 10.7. The van der Waals surface area contributed by atoms with Crippen molar-refractivity contribution >= 4 is 17.5 Å². The minimum Gasteiger partial charge on any atom is -0.376 e. The van der Waals surface area contributed by atoms with E-state index >= 15 is 0 Å². The minimum absolute atomic E-state index is 0.00200. The topological polar surface area (TPSA) is 67.4 Å². The number of ether oxygens (including phenoxy) is 1. The molecule has 2 aliphatic rings. The number of hydrogen-bond acceptors (Lipinski definition) is 3. The fourth-order valence-corrected chi connectivity index (χ4v) is 3.07. The number of rotatable bonds is 5. The first-order valence-electron chi connectivity index (χ1n) is 7.99. The molecular formula is C17H22N2O3. The maximum absolute atomic E-state index is 12.1. The third kappa shape index (κ3) is 3.65. The Morgan fingerprint density at radius 3 is 3.05 bits per heavy atom. The lowest BCUT2D eigenvalue weighted by Gasteiger charge is -2.24. The molecule has 0 bridgehead atoms. The highest BCUT2D eigenvalue weighted by Crippen LogP contribution is 2.27. The summed E-state index contributed by atoms with van der Waals surface area (Å²) in [5.74, 6) is -0.101. The van der Waals surface area contributed by atoms with Gasteiger partial charge in [-0.2, -0.15) is 0 Å². The van der Waals surface area contributed by atoms with E-state index in [4.69, 9.17) is 4.74 Å². The third-order valence-electron chi connectivity index (χ3n) is 4.38. The monoisotopic (exact) mass is 302 g/mol. The van der Waals surface area contributed by atoms with Crippen LogP contribution in [0.4, 0.5) is 5.69 Å². The molecule has 5 heteroatoms. The van der Waals surface area contributed by atoms with E-state index < -0.39 is 0 Å². The summed E-state index contributed by atoms with van der Waals surface area (Å²) in [7, 11) is 0. The minimum atomic E-state index is -0.122. The molecular weight excluding hydrogens is 280 g/mol. The van der Waals surface area contributed by atoms with Crippen LogP contribution < -0.4 is 10.6 Å². The van der Waals surface area contributed by atoms with E-state index in [1.165, 1.54) is 0 Å². The molecule has 1 fully saturated rings. The van der Waals surface area contributed by atoms with Crippen molar-refractivity contribution in [2.75, 3.05) is 18.5 Å². The average molecular weight is 302 g/mol. The highest BCUT2D eigenvalue weighted by molar-refractivity contribution is 5.96. The zero-order valence-corrected chi connectivity index (χ0v) is 12.6. The second-order valence-electron chi connectivity index (χ2n) is 6.03. The second-order valence-corrected chi connectivity index (χ2v) is 6.03. The van der Waals surface area contributed by atoms with Crippen LogP contribution in [-0.2, 0) is 20.7 Å². The number of carbonyl (C=O) groups excluding carboxylic acids is 2. The molecule has 0 aliphatic carbocycles. The fraction of sp³-hybridized carbons (Fsp3) is 0.529. The summed E-state index contributed by atoms with van der Waals surface area (Å²) in [4.78, 5) is 24.0. The zero-order chi connectivity index (χ0) is 15.4. The Hall–Kier alpha value is -1.88. The Kier molecular flexibility index (Phi) is 4.73. The molecule has 2 aliphatic heterocycles. The summed E-state index contributed by atoms with van der Waals surface area (Å²) in [6.07, 6.45) is 3.92. The van der Waals surface area contributed by atoms with Gasteiger partial charge in [0.05, 0.1) is 6.10 Å². The van der Waals surface area contributed by atoms with Crippen LogP contribution in [0, 0.1) is 5.92 Å². The summed E-state index contributed by atoms with van der Waals surface area (Å²) in [5.41, 5.74) is 2.04. The summed E-state index contributed by atoms with van der Waals surface area (Å²) in [6.45, 7) is 1.38. The number of carbonyl (C=O) groups is 2. The van der Waals surface area contributed by atoms with Crippen molar-refractivity contribution in [3.63, 3.8) is 0 Å². The Labute approximate surface area is 130 Å². The normalized spacial score (nSPS) is 23.7. The van der Waals surface area contributed by atoms with Crippen molar-refractivity contribution < 1.29 is 14.3 Å². The van der Waals surface area contributed by atoms with Gasteiger partial charge in [0.1, 0.15) is 0 Å². The number of anilines is 1. The lowest BCUT2D eigenvalue weighted by Crippen LogP contribution is -2.34. The Morgan fingerprint density at radius 2 is 2.23 bits per heavy atom. The smallest absolute Gasteiger partial charge is 0.227 e. The fourth-order valence-electron chi connectivity index (χ4n) is 3.07. The van der Waals surface area contributed by atoms with Gasteiger partial charge in [-0.05, 0) is 37.3 Å².